The van der Waals surface area contributed by atoms with Gasteiger partial charge in [0.1, 0.15) is 5.75 Å². The number of hydrogen-bond donors (Lipinski definition) is 2. The van der Waals surface area contributed by atoms with Crippen molar-refractivity contribution in [2.24, 2.45) is 4.99 Å². The van der Waals surface area contributed by atoms with Gasteiger partial charge in [-0.3, -0.25) is 4.99 Å². The summed E-state index contributed by atoms with van der Waals surface area (Å²) in [6.07, 6.45) is 1.66. The van der Waals surface area contributed by atoms with E-state index in [-0.39, 0.29) is 5.75 Å². The van der Waals surface area contributed by atoms with E-state index in [2.05, 4.69) is 38.4 Å². The minimum Gasteiger partial charge on any atom is -0.507 e. The number of phenols is 1. The number of aromatic hydroxyl groups is 1. The van der Waals surface area contributed by atoms with Crippen LogP contribution in [0.1, 0.15) is 11.1 Å². The second-order valence-corrected chi connectivity index (χ2v) is 6.26. The second-order valence-electron chi connectivity index (χ2n) is 5.35. The SMILES string of the molecule is Oc1ccc(Br)cc1C=Nc1ccc(NCc2ccccc2)cc1. The van der Waals surface area contributed by atoms with Gasteiger partial charge in [0.15, 0.2) is 0 Å². The number of nitrogens with zero attached hydrogens (tertiary/aromatic N) is 1. The van der Waals surface area contributed by atoms with E-state index in [1.54, 1.807) is 18.3 Å². The zero-order valence-electron chi connectivity index (χ0n) is 13.0. The van der Waals surface area contributed by atoms with E-state index in [1.165, 1.54) is 5.56 Å². The molecular formula is C20H17BrN2O. The highest BCUT2D eigenvalue weighted by Crippen LogP contribution is 2.22. The Bertz CT molecular complexity index is 830. The highest BCUT2D eigenvalue weighted by atomic mass is 79.9. The molecule has 0 saturated carbocycles. The number of nitrogens with one attached hydrogen (secondary N) is 1. The molecule has 0 spiro atoms. The number of hydrogen-bond acceptors (Lipinski definition) is 3. The number of rotatable bonds is 5. The van der Waals surface area contributed by atoms with Gasteiger partial charge >= 0.3 is 0 Å². The summed E-state index contributed by atoms with van der Waals surface area (Å²) in [5, 5.41) is 13.2. The molecule has 2 N–H and O–H groups in total. The van der Waals surface area contributed by atoms with E-state index >= 15 is 0 Å². The standard InChI is InChI=1S/C20H17BrN2O/c21-17-6-11-20(24)16(12-17)14-23-19-9-7-18(8-10-19)22-13-15-4-2-1-3-5-15/h1-12,14,22,24H,13H2. The number of halogens is 1. The smallest absolute Gasteiger partial charge is 0.124 e. The van der Waals surface area contributed by atoms with Crippen LogP contribution in [0.4, 0.5) is 11.4 Å². The molecule has 0 heterocycles. The van der Waals surface area contributed by atoms with Crippen LogP contribution in [0, 0.1) is 0 Å². The van der Waals surface area contributed by atoms with Gasteiger partial charge in [0.05, 0.1) is 5.69 Å². The Kier molecular flexibility index (Phi) is 5.29. The summed E-state index contributed by atoms with van der Waals surface area (Å²) < 4.78 is 0.905. The third kappa shape index (κ3) is 4.46. The van der Waals surface area contributed by atoms with Crippen molar-refractivity contribution in [3.63, 3.8) is 0 Å². The van der Waals surface area contributed by atoms with E-state index in [1.807, 2.05) is 48.5 Å². The van der Waals surface area contributed by atoms with Gasteiger partial charge in [-0.05, 0) is 48.0 Å². The van der Waals surface area contributed by atoms with Gasteiger partial charge in [-0.15, -0.1) is 0 Å². The number of phenolic OH excluding ortho intramolecular Hbond substituents is 1. The van der Waals surface area contributed by atoms with Crippen molar-refractivity contribution >= 4 is 33.5 Å². The number of aliphatic imine (C=N–C) groups is 1. The first-order valence-electron chi connectivity index (χ1n) is 7.61. The van der Waals surface area contributed by atoms with Gasteiger partial charge in [-0.25, -0.2) is 0 Å². The molecule has 3 aromatic rings. The monoisotopic (exact) mass is 380 g/mol. The molecule has 0 saturated heterocycles. The van der Waals surface area contributed by atoms with E-state index in [9.17, 15) is 5.11 Å². The molecule has 0 atom stereocenters. The van der Waals surface area contributed by atoms with E-state index in [0.717, 1.165) is 22.4 Å². The average molecular weight is 381 g/mol. The van der Waals surface area contributed by atoms with Crippen LogP contribution in [0.2, 0.25) is 0 Å². The predicted octanol–water partition coefficient (Wildman–Crippen LogP) is 5.52. The molecule has 0 aliphatic rings. The first-order chi connectivity index (χ1) is 11.7. The molecule has 0 aliphatic carbocycles. The van der Waals surface area contributed by atoms with Crippen LogP contribution < -0.4 is 5.32 Å². The molecule has 3 rings (SSSR count). The van der Waals surface area contributed by atoms with Crippen molar-refractivity contribution in [3.8, 4) is 5.75 Å². The Morgan fingerprint density at radius 2 is 1.71 bits per heavy atom. The highest BCUT2D eigenvalue weighted by molar-refractivity contribution is 9.10. The molecule has 0 unspecified atom stereocenters. The largest absolute Gasteiger partial charge is 0.507 e. The number of anilines is 1. The Morgan fingerprint density at radius 3 is 2.46 bits per heavy atom. The molecule has 0 fully saturated rings. The quantitative estimate of drug-likeness (QED) is 0.572. The number of benzene rings is 3. The van der Waals surface area contributed by atoms with Crippen molar-refractivity contribution in [2.45, 2.75) is 6.54 Å². The van der Waals surface area contributed by atoms with Crippen molar-refractivity contribution < 1.29 is 5.11 Å². The Labute approximate surface area is 149 Å². The van der Waals surface area contributed by atoms with Crippen molar-refractivity contribution in [2.75, 3.05) is 5.32 Å². The third-order valence-corrected chi connectivity index (χ3v) is 4.04. The second kappa shape index (κ2) is 7.79. The van der Waals surface area contributed by atoms with Crippen LogP contribution in [-0.4, -0.2) is 11.3 Å². The zero-order valence-corrected chi connectivity index (χ0v) is 14.6. The fourth-order valence-corrected chi connectivity index (χ4v) is 2.62. The first kappa shape index (κ1) is 16.3. The van der Waals surface area contributed by atoms with Crippen molar-refractivity contribution in [3.05, 3.63) is 88.4 Å². The van der Waals surface area contributed by atoms with Crippen molar-refractivity contribution in [1.82, 2.24) is 0 Å². The molecule has 0 bridgehead atoms. The highest BCUT2D eigenvalue weighted by Gasteiger charge is 1.99. The lowest BCUT2D eigenvalue weighted by atomic mass is 10.2. The summed E-state index contributed by atoms with van der Waals surface area (Å²) in [6.45, 7) is 0.787. The topological polar surface area (TPSA) is 44.6 Å². The maximum atomic E-state index is 9.81. The molecule has 3 nitrogen and oxygen atoms in total. The molecule has 0 aliphatic heterocycles. The van der Waals surface area contributed by atoms with Gasteiger partial charge in [-0.1, -0.05) is 46.3 Å². The van der Waals surface area contributed by atoms with Crippen LogP contribution >= 0.6 is 15.9 Å². The Morgan fingerprint density at radius 1 is 0.958 bits per heavy atom. The molecule has 0 aromatic heterocycles. The predicted molar refractivity (Wildman–Crippen MR) is 103 cm³/mol. The van der Waals surface area contributed by atoms with E-state index in [4.69, 9.17) is 0 Å². The Hall–Kier alpha value is -2.59. The normalized spacial score (nSPS) is 10.9. The summed E-state index contributed by atoms with van der Waals surface area (Å²) in [5.74, 6) is 0.211. The van der Waals surface area contributed by atoms with Crippen LogP contribution in [0.5, 0.6) is 5.75 Å². The van der Waals surface area contributed by atoms with Crippen LogP contribution in [0.15, 0.2) is 82.3 Å². The summed E-state index contributed by atoms with van der Waals surface area (Å²) in [4.78, 5) is 4.40. The molecule has 4 heteroatoms. The van der Waals surface area contributed by atoms with Gasteiger partial charge < -0.3 is 10.4 Å². The fraction of sp³-hybridized carbons (Fsp3) is 0.0500. The third-order valence-electron chi connectivity index (χ3n) is 3.55. The minimum atomic E-state index is 0.211. The molecule has 120 valence electrons. The van der Waals surface area contributed by atoms with E-state index < -0.39 is 0 Å². The van der Waals surface area contributed by atoms with Gasteiger partial charge in [0, 0.05) is 28.5 Å². The molecule has 3 aromatic carbocycles. The molecular weight excluding hydrogens is 364 g/mol. The zero-order chi connectivity index (χ0) is 16.8. The summed E-state index contributed by atoms with van der Waals surface area (Å²) >= 11 is 3.39. The molecule has 0 radical (unpaired) electrons. The molecule has 24 heavy (non-hydrogen) atoms. The summed E-state index contributed by atoms with van der Waals surface area (Å²) in [6, 6.07) is 23.4. The summed E-state index contributed by atoms with van der Waals surface area (Å²) in [5.41, 5.74) is 3.79. The summed E-state index contributed by atoms with van der Waals surface area (Å²) in [7, 11) is 0. The Balaban J connectivity index is 1.64. The lowest BCUT2D eigenvalue weighted by Crippen LogP contribution is -1.98. The first-order valence-corrected chi connectivity index (χ1v) is 8.40. The van der Waals surface area contributed by atoms with Crippen LogP contribution in [0.3, 0.4) is 0 Å². The molecule has 0 amide bonds. The maximum absolute atomic E-state index is 9.81. The fourth-order valence-electron chi connectivity index (χ4n) is 2.24. The minimum absolute atomic E-state index is 0.211. The van der Waals surface area contributed by atoms with Crippen LogP contribution in [-0.2, 0) is 6.54 Å². The van der Waals surface area contributed by atoms with E-state index in [0.29, 0.717) is 5.56 Å². The maximum Gasteiger partial charge on any atom is 0.124 e. The van der Waals surface area contributed by atoms with Crippen molar-refractivity contribution in [1.29, 1.82) is 0 Å². The van der Waals surface area contributed by atoms with Gasteiger partial charge in [-0.2, -0.15) is 0 Å². The van der Waals surface area contributed by atoms with Gasteiger partial charge in [0.2, 0.25) is 0 Å². The van der Waals surface area contributed by atoms with Crippen LogP contribution in [0.25, 0.3) is 0 Å². The lowest BCUT2D eigenvalue weighted by molar-refractivity contribution is 0.474. The van der Waals surface area contributed by atoms with Gasteiger partial charge in [0.25, 0.3) is 0 Å². The average Bonchev–Trinajstić information content (AvgIpc) is 2.62. The lowest BCUT2D eigenvalue weighted by Gasteiger charge is -2.06.